The van der Waals surface area contributed by atoms with E-state index in [0.717, 1.165) is 44.7 Å². The molecule has 0 saturated carbocycles. The van der Waals surface area contributed by atoms with E-state index in [2.05, 4.69) is 49.5 Å². The van der Waals surface area contributed by atoms with Gasteiger partial charge < -0.3 is 33.7 Å². The van der Waals surface area contributed by atoms with Crippen LogP contribution in [0.2, 0.25) is 26.2 Å². The molecule has 0 aromatic rings. The first kappa shape index (κ1) is 38.0. The summed E-state index contributed by atoms with van der Waals surface area (Å²) in [5.41, 5.74) is 0. The predicted molar refractivity (Wildman–Crippen MR) is 158 cm³/mol. The molecule has 0 unspecified atom stereocenters. The Bertz CT molecular complexity index is 533. The van der Waals surface area contributed by atoms with E-state index in [-0.39, 0.29) is 11.1 Å². The number of unbranched alkanes of at least 4 members (excludes halogenated alkanes) is 3. The monoisotopic (exact) mass is 588 g/mol. The minimum absolute atomic E-state index is 0.00169. The molecule has 0 aliphatic rings. The Morgan fingerprint density at radius 3 is 1.75 bits per heavy atom. The summed E-state index contributed by atoms with van der Waals surface area (Å²) in [6, 6.07) is 0. The van der Waals surface area contributed by atoms with Gasteiger partial charge in [-0.25, -0.2) is 0 Å². The molecule has 0 aliphatic carbocycles. The quantitative estimate of drug-likeness (QED) is 0.105. The lowest BCUT2D eigenvalue weighted by atomic mass is 10.2. The molecule has 216 valence electrons. The fraction of sp³-hybridized carbons (Fsp3) is 0.913. The highest BCUT2D eigenvalue weighted by molar-refractivity contribution is 8.13. The number of carbonyl (C=O) groups excluding carboxylic acids is 2. The van der Waals surface area contributed by atoms with E-state index in [1.807, 2.05) is 0 Å². The summed E-state index contributed by atoms with van der Waals surface area (Å²) in [4.78, 5) is 22.2. The van der Waals surface area contributed by atoms with Crippen LogP contribution in [0.3, 0.4) is 0 Å². The van der Waals surface area contributed by atoms with Gasteiger partial charge >= 0.3 is 0 Å². The topological polar surface area (TPSA) is 104 Å². The molecule has 0 bridgehead atoms. The minimum atomic E-state index is -1.62. The molecule has 13 heteroatoms. The van der Waals surface area contributed by atoms with Crippen molar-refractivity contribution in [2.75, 3.05) is 77.7 Å². The van der Waals surface area contributed by atoms with Gasteiger partial charge in [0, 0.05) is 45.7 Å². The van der Waals surface area contributed by atoms with Gasteiger partial charge in [0.1, 0.15) is 0 Å². The van der Waals surface area contributed by atoms with Crippen molar-refractivity contribution in [3.63, 3.8) is 0 Å². The second kappa shape index (κ2) is 25.2. The van der Waals surface area contributed by atoms with Crippen molar-refractivity contribution >= 4 is 52.2 Å². The highest BCUT2D eigenvalue weighted by atomic mass is 32.2. The molecule has 0 rings (SSSR count). The van der Waals surface area contributed by atoms with E-state index < -0.39 is 16.6 Å². The highest BCUT2D eigenvalue weighted by Gasteiger charge is 2.33. The Hall–Kier alpha value is -0.126. The number of methoxy groups -OCH3 is 2. The van der Waals surface area contributed by atoms with Crippen molar-refractivity contribution in [3.8, 4) is 0 Å². The summed E-state index contributed by atoms with van der Waals surface area (Å²) in [7, 11) is 0.217. The molecule has 0 spiro atoms. The van der Waals surface area contributed by atoms with Crippen molar-refractivity contribution in [1.82, 2.24) is 10.6 Å². The molecule has 0 aromatic carbocycles. The maximum atomic E-state index is 11.5. The third-order valence-corrected chi connectivity index (χ3v) is 11.7. The van der Waals surface area contributed by atoms with E-state index in [4.69, 9.17) is 23.1 Å². The summed E-state index contributed by atoms with van der Waals surface area (Å²) >= 11 is 5.28. The molecule has 0 heterocycles. The van der Waals surface area contributed by atoms with E-state index in [1.54, 1.807) is 14.2 Å². The van der Waals surface area contributed by atoms with Gasteiger partial charge in [-0.2, -0.15) is 12.6 Å². The first-order chi connectivity index (χ1) is 17.0. The molecule has 0 saturated heterocycles. The normalized spacial score (nSPS) is 11.6. The Balaban J connectivity index is 0. The zero-order valence-electron chi connectivity index (χ0n) is 23.6. The Labute approximate surface area is 231 Å². The first-order valence-electron chi connectivity index (χ1n) is 12.6. The van der Waals surface area contributed by atoms with Gasteiger partial charge in [0.2, 0.25) is 5.91 Å². The van der Waals surface area contributed by atoms with Crippen molar-refractivity contribution in [1.29, 1.82) is 0 Å². The van der Waals surface area contributed by atoms with Crippen LogP contribution in [-0.4, -0.2) is 105 Å². The lowest BCUT2D eigenvalue weighted by molar-refractivity contribution is -0.118. The summed E-state index contributed by atoms with van der Waals surface area (Å²) < 4.78 is 27.0. The van der Waals surface area contributed by atoms with Gasteiger partial charge in [0.05, 0.1) is 38.9 Å². The number of hydrogen-bond donors (Lipinski definition) is 3. The molecule has 0 radical (unpaired) electrons. The number of thioether (sulfide) groups is 1. The van der Waals surface area contributed by atoms with Crippen LogP contribution >= 0.6 is 24.4 Å². The van der Waals surface area contributed by atoms with E-state index >= 15 is 0 Å². The number of rotatable bonds is 21. The van der Waals surface area contributed by atoms with Crippen LogP contribution in [0.4, 0.5) is 4.79 Å². The summed E-state index contributed by atoms with van der Waals surface area (Å²) in [5.74, 6) is 1.38. The van der Waals surface area contributed by atoms with Gasteiger partial charge in [0.25, 0.3) is 5.24 Å². The van der Waals surface area contributed by atoms with Crippen molar-refractivity contribution in [2.24, 2.45) is 0 Å². The fourth-order valence-corrected chi connectivity index (χ4v) is 11.8. The zero-order valence-corrected chi connectivity index (χ0v) is 27.3. The Kier molecular flexibility index (Phi) is 26.6. The van der Waals surface area contributed by atoms with Crippen molar-refractivity contribution < 1.29 is 32.7 Å². The lowest BCUT2D eigenvalue weighted by Gasteiger charge is -2.32. The number of ether oxygens (including phenoxy) is 4. The third-order valence-electron chi connectivity index (χ3n) is 4.35. The SMILES string of the molecule is CC(=O)NCCCCCCNC(=O)SCCOCCOCCS.COC[Si](C)(C)O[Si](C)(C)COC. The number of thiol groups is 1. The fourth-order valence-electron chi connectivity index (χ4n) is 3.19. The molecule has 0 atom stereocenters. The van der Waals surface area contributed by atoms with Gasteiger partial charge in [0.15, 0.2) is 16.6 Å². The number of amides is 2. The smallest absolute Gasteiger partial charge is 0.279 e. The average Bonchev–Trinajstić information content (AvgIpc) is 2.76. The molecule has 0 fully saturated rings. The molecule has 36 heavy (non-hydrogen) atoms. The molecule has 2 N–H and O–H groups in total. The second-order valence-corrected chi connectivity index (χ2v) is 19.3. The molecule has 0 aromatic heterocycles. The number of carbonyl (C=O) groups is 2. The summed E-state index contributed by atoms with van der Waals surface area (Å²) in [6.45, 7) is 14.0. The average molecular weight is 589 g/mol. The standard InChI is InChI=1S/C15H30N2O4S2.C8H22O3Si2/c1-14(18)16-6-4-2-3-5-7-17-15(19)23-13-11-21-9-8-20-10-12-22;1-9-7-12(3,4)11-13(5,6)8-10-2/h22H,2-13H2,1H3,(H,16,18)(H,17,19);7-8H2,1-6H3. The first-order valence-corrected chi connectivity index (χ1v) is 20.4. The second-order valence-electron chi connectivity index (χ2n) is 9.40. The van der Waals surface area contributed by atoms with Crippen LogP contribution < -0.4 is 10.6 Å². The van der Waals surface area contributed by atoms with Gasteiger partial charge in [-0.3, -0.25) is 9.59 Å². The molecular weight excluding hydrogens is 537 g/mol. The molecule has 9 nitrogen and oxygen atoms in total. The number of hydrogen-bond acceptors (Lipinski definition) is 9. The highest BCUT2D eigenvalue weighted by Crippen LogP contribution is 2.14. The van der Waals surface area contributed by atoms with Crippen LogP contribution in [0.25, 0.3) is 0 Å². The van der Waals surface area contributed by atoms with Crippen LogP contribution in [0, 0.1) is 0 Å². The van der Waals surface area contributed by atoms with E-state index in [1.165, 1.54) is 18.7 Å². The predicted octanol–water partition coefficient (Wildman–Crippen LogP) is 3.87. The van der Waals surface area contributed by atoms with Gasteiger partial charge in [-0.1, -0.05) is 24.6 Å². The van der Waals surface area contributed by atoms with E-state index in [9.17, 15) is 9.59 Å². The lowest BCUT2D eigenvalue weighted by Crippen LogP contribution is -2.50. The maximum absolute atomic E-state index is 11.5. The van der Waals surface area contributed by atoms with Crippen LogP contribution in [0.5, 0.6) is 0 Å². The Morgan fingerprint density at radius 1 is 0.778 bits per heavy atom. The molecule has 2 amide bonds. The van der Waals surface area contributed by atoms with Crippen LogP contribution in [0.15, 0.2) is 0 Å². The summed E-state index contributed by atoms with van der Waals surface area (Å²) in [6.07, 6.45) is 5.58. The third kappa shape index (κ3) is 30.1. The zero-order chi connectivity index (χ0) is 27.7. The minimum Gasteiger partial charge on any atom is -0.453 e. The molecule has 0 aliphatic heterocycles. The number of nitrogens with one attached hydrogen (secondary N) is 2. The van der Waals surface area contributed by atoms with E-state index in [0.29, 0.717) is 44.5 Å². The largest absolute Gasteiger partial charge is 0.453 e. The van der Waals surface area contributed by atoms with Crippen molar-refractivity contribution in [2.45, 2.75) is 58.8 Å². The Morgan fingerprint density at radius 2 is 1.28 bits per heavy atom. The van der Waals surface area contributed by atoms with Crippen LogP contribution in [-0.2, 0) is 27.9 Å². The summed E-state index contributed by atoms with van der Waals surface area (Å²) in [5, 5.41) is 5.64. The van der Waals surface area contributed by atoms with Crippen LogP contribution in [0.1, 0.15) is 32.6 Å². The van der Waals surface area contributed by atoms with Crippen molar-refractivity contribution in [3.05, 3.63) is 0 Å². The van der Waals surface area contributed by atoms with Gasteiger partial charge in [-0.15, -0.1) is 0 Å². The van der Waals surface area contributed by atoms with Gasteiger partial charge in [-0.05, 0) is 39.0 Å². The molecular formula is C23H52N2O7S2Si2. The maximum Gasteiger partial charge on any atom is 0.279 e.